The maximum absolute atomic E-state index is 11.6. The van der Waals surface area contributed by atoms with Crippen molar-refractivity contribution in [2.45, 2.75) is 40.5 Å². The van der Waals surface area contributed by atoms with E-state index in [4.69, 9.17) is 0 Å². The van der Waals surface area contributed by atoms with E-state index >= 15 is 0 Å². The van der Waals surface area contributed by atoms with Crippen LogP contribution in [0.25, 0.3) is 21.6 Å². The second kappa shape index (κ2) is 8.21. The highest BCUT2D eigenvalue weighted by molar-refractivity contribution is 7.17. The van der Waals surface area contributed by atoms with Gasteiger partial charge in [0.05, 0.1) is 5.56 Å². The molecule has 0 atom stereocenters. The summed E-state index contributed by atoms with van der Waals surface area (Å²) >= 11 is 1.29. The van der Waals surface area contributed by atoms with Crippen LogP contribution in [-0.4, -0.2) is 22.2 Å². The monoisotopic (exact) mass is 408 g/mol. The van der Waals surface area contributed by atoms with E-state index in [-0.39, 0.29) is 0 Å². The lowest BCUT2D eigenvalue weighted by molar-refractivity contribution is 0.0687. The lowest BCUT2D eigenvalue weighted by atomic mass is 9.89. The van der Waals surface area contributed by atoms with Gasteiger partial charge < -0.3 is 10.2 Å². The first-order valence-corrected chi connectivity index (χ1v) is 10.4. The third-order valence-corrected chi connectivity index (χ3v) is 6.30. The molecule has 150 valence electrons. The van der Waals surface area contributed by atoms with Gasteiger partial charge in [-0.25, -0.2) is 9.59 Å². The molecule has 0 aliphatic rings. The Balaban J connectivity index is 2.15. The van der Waals surface area contributed by atoms with Gasteiger partial charge in [0.15, 0.2) is 0 Å². The molecule has 0 radical (unpaired) electrons. The summed E-state index contributed by atoms with van der Waals surface area (Å²) in [5, 5.41) is 18.8. The molecule has 0 saturated carbocycles. The number of aromatic carboxylic acids is 2. The summed E-state index contributed by atoms with van der Waals surface area (Å²) in [6.45, 7) is 7.93. The second-order valence-electron chi connectivity index (χ2n) is 7.14. The molecule has 0 saturated heterocycles. The molecule has 2 N–H and O–H groups in total. The molecule has 0 aliphatic carbocycles. The molecule has 0 aliphatic heterocycles. The van der Waals surface area contributed by atoms with Crippen LogP contribution >= 0.6 is 11.3 Å². The first-order valence-electron chi connectivity index (χ1n) is 9.61. The molecule has 2 aromatic carbocycles. The number of carbonyl (C=O) groups is 2. The third kappa shape index (κ3) is 3.96. The van der Waals surface area contributed by atoms with Crippen molar-refractivity contribution in [3.05, 3.63) is 69.1 Å². The number of benzene rings is 2. The van der Waals surface area contributed by atoms with Crippen LogP contribution in [0.2, 0.25) is 0 Å². The van der Waals surface area contributed by atoms with Gasteiger partial charge in [0.1, 0.15) is 4.88 Å². The van der Waals surface area contributed by atoms with Crippen molar-refractivity contribution in [2.24, 2.45) is 0 Å². The minimum atomic E-state index is -0.908. The fourth-order valence-electron chi connectivity index (χ4n) is 3.86. The van der Waals surface area contributed by atoms with E-state index in [0.717, 1.165) is 50.2 Å². The Morgan fingerprint density at radius 3 is 1.93 bits per heavy atom. The predicted octanol–water partition coefficient (Wildman–Crippen LogP) is 6.22. The molecule has 0 bridgehead atoms. The molecule has 0 spiro atoms. The first kappa shape index (κ1) is 20.8. The molecule has 4 nitrogen and oxygen atoms in total. The van der Waals surface area contributed by atoms with E-state index < -0.39 is 11.9 Å². The van der Waals surface area contributed by atoms with E-state index in [1.807, 2.05) is 39.0 Å². The highest BCUT2D eigenvalue weighted by atomic mass is 32.1. The van der Waals surface area contributed by atoms with Crippen molar-refractivity contribution in [3.63, 3.8) is 0 Å². The van der Waals surface area contributed by atoms with Crippen LogP contribution in [0.1, 0.15) is 56.1 Å². The second-order valence-corrected chi connectivity index (χ2v) is 8.22. The number of carboxylic acid groups (broad SMARTS) is 2. The van der Waals surface area contributed by atoms with E-state index in [1.54, 1.807) is 6.07 Å². The normalized spacial score (nSPS) is 10.9. The zero-order valence-corrected chi connectivity index (χ0v) is 17.8. The number of hydrogen-bond donors (Lipinski definition) is 2. The van der Waals surface area contributed by atoms with Crippen molar-refractivity contribution in [3.8, 4) is 21.6 Å². The number of rotatable bonds is 6. The zero-order valence-electron chi connectivity index (χ0n) is 17.0. The lowest BCUT2D eigenvalue weighted by Crippen LogP contribution is -2.05. The van der Waals surface area contributed by atoms with Crippen molar-refractivity contribution in [2.75, 3.05) is 0 Å². The molecular formula is C24H24O4S. The zero-order chi connectivity index (χ0) is 21.3. The maximum Gasteiger partial charge on any atom is 0.345 e. The minimum absolute atomic E-state index is 0.331. The van der Waals surface area contributed by atoms with Crippen molar-refractivity contribution in [1.29, 1.82) is 0 Å². The highest BCUT2D eigenvalue weighted by Gasteiger charge is 2.17. The summed E-state index contributed by atoms with van der Waals surface area (Å²) in [6, 6.07) is 11.7. The largest absolute Gasteiger partial charge is 0.478 e. The topological polar surface area (TPSA) is 74.6 Å². The lowest BCUT2D eigenvalue weighted by Gasteiger charge is -2.16. The number of aryl methyl sites for hydroxylation is 4. The molecule has 3 rings (SSSR count). The molecule has 0 unspecified atom stereocenters. The van der Waals surface area contributed by atoms with Crippen LogP contribution in [-0.2, 0) is 12.8 Å². The van der Waals surface area contributed by atoms with Crippen molar-refractivity contribution >= 4 is 23.3 Å². The Bertz CT molecular complexity index is 1110. The summed E-state index contributed by atoms with van der Waals surface area (Å²) in [5.41, 5.74) is 7.35. The molecular weight excluding hydrogens is 384 g/mol. The molecule has 3 aromatic rings. The van der Waals surface area contributed by atoms with Crippen LogP contribution in [0.5, 0.6) is 0 Å². The Kier molecular flexibility index (Phi) is 5.89. The van der Waals surface area contributed by atoms with Crippen LogP contribution in [0.3, 0.4) is 0 Å². The maximum atomic E-state index is 11.6. The van der Waals surface area contributed by atoms with Gasteiger partial charge in [-0.3, -0.25) is 0 Å². The Morgan fingerprint density at radius 2 is 1.41 bits per heavy atom. The Hall–Kier alpha value is -2.92. The highest BCUT2D eigenvalue weighted by Crippen LogP contribution is 2.37. The van der Waals surface area contributed by atoms with Crippen LogP contribution in [0.15, 0.2) is 36.4 Å². The summed E-state index contributed by atoms with van der Waals surface area (Å²) in [6.07, 6.45) is 1.47. The summed E-state index contributed by atoms with van der Waals surface area (Å²) in [7, 11) is 0. The van der Waals surface area contributed by atoms with Gasteiger partial charge in [-0.2, -0.15) is 0 Å². The number of hydrogen-bond acceptors (Lipinski definition) is 3. The molecule has 5 heteroatoms. The molecule has 29 heavy (non-hydrogen) atoms. The van der Waals surface area contributed by atoms with Gasteiger partial charge in [-0.15, -0.1) is 11.3 Å². The first-order chi connectivity index (χ1) is 13.8. The minimum Gasteiger partial charge on any atom is -0.478 e. The van der Waals surface area contributed by atoms with Gasteiger partial charge in [0.25, 0.3) is 0 Å². The van der Waals surface area contributed by atoms with Crippen LogP contribution in [0.4, 0.5) is 0 Å². The van der Waals surface area contributed by atoms with Gasteiger partial charge in [0.2, 0.25) is 0 Å². The molecule has 0 amide bonds. The Labute approximate surface area is 174 Å². The Morgan fingerprint density at radius 1 is 0.828 bits per heavy atom. The summed E-state index contributed by atoms with van der Waals surface area (Å²) < 4.78 is 0. The fourth-order valence-corrected chi connectivity index (χ4v) is 4.85. The van der Waals surface area contributed by atoms with Gasteiger partial charge >= 0.3 is 11.9 Å². The van der Waals surface area contributed by atoms with Gasteiger partial charge in [-0.05, 0) is 77.8 Å². The van der Waals surface area contributed by atoms with Crippen LogP contribution in [0, 0.1) is 13.8 Å². The SMILES string of the molecule is CCc1cc(-c2cc(C)c(-c3ccc(C(=O)O)s3)c(CC)c2)cc(C)c1C(=O)O. The van der Waals surface area contributed by atoms with E-state index in [0.29, 0.717) is 16.9 Å². The fraction of sp³-hybridized carbons (Fsp3) is 0.250. The summed E-state index contributed by atoms with van der Waals surface area (Å²) in [4.78, 5) is 24.2. The smallest absolute Gasteiger partial charge is 0.345 e. The third-order valence-electron chi connectivity index (χ3n) is 5.21. The average molecular weight is 409 g/mol. The number of thiophene rings is 1. The van der Waals surface area contributed by atoms with E-state index in [9.17, 15) is 19.8 Å². The van der Waals surface area contributed by atoms with Crippen molar-refractivity contribution < 1.29 is 19.8 Å². The predicted molar refractivity (Wildman–Crippen MR) is 117 cm³/mol. The van der Waals surface area contributed by atoms with Crippen molar-refractivity contribution in [1.82, 2.24) is 0 Å². The molecule has 0 fully saturated rings. The van der Waals surface area contributed by atoms with Gasteiger partial charge in [-0.1, -0.05) is 38.1 Å². The van der Waals surface area contributed by atoms with Crippen LogP contribution < -0.4 is 0 Å². The van der Waals surface area contributed by atoms with Gasteiger partial charge in [0, 0.05) is 4.88 Å². The quantitative estimate of drug-likeness (QED) is 0.508. The standard InChI is InChI=1S/C24H24O4S/c1-5-15-11-17(18-10-14(4)22(24(27)28)16(6-2)12-18)9-13(3)21(15)19-7-8-20(29-19)23(25)26/h7-12H,5-6H2,1-4H3,(H,25,26)(H,27,28). The molecule has 1 aromatic heterocycles. The average Bonchev–Trinajstić information content (AvgIpc) is 3.16. The van der Waals surface area contributed by atoms with E-state index in [2.05, 4.69) is 19.1 Å². The molecule has 1 heterocycles. The number of carboxylic acids is 2. The van der Waals surface area contributed by atoms with E-state index in [1.165, 1.54) is 11.3 Å². The summed E-state index contributed by atoms with van der Waals surface area (Å²) in [5.74, 6) is -1.80.